The molecule has 0 aliphatic heterocycles. The number of carbonyl (C=O) groups is 3. The van der Waals surface area contributed by atoms with Crippen LogP contribution in [0, 0.1) is 10.7 Å². The Kier molecular flexibility index (Phi) is 8.53. The van der Waals surface area contributed by atoms with Crippen LogP contribution in [0.25, 0.3) is 0 Å². The van der Waals surface area contributed by atoms with E-state index in [0.29, 0.717) is 5.69 Å². The highest BCUT2D eigenvalue weighted by molar-refractivity contribution is 14.1. The Morgan fingerprint density at radius 3 is 2.15 bits per heavy atom. The Balaban J connectivity index is 1.77. The highest BCUT2D eigenvalue weighted by Crippen LogP contribution is 2.25. The normalized spacial score (nSPS) is 10.2. The first-order valence-corrected chi connectivity index (χ1v) is 10.6. The van der Waals surface area contributed by atoms with Gasteiger partial charge >= 0.3 is 12.1 Å². The Bertz CT molecular complexity index is 846. The Morgan fingerprint density at radius 1 is 1.00 bits per heavy atom. The first-order chi connectivity index (χ1) is 12.8. The summed E-state index contributed by atoms with van der Waals surface area (Å²) in [7, 11) is 0. The fourth-order valence-corrected chi connectivity index (χ4v) is 3.93. The molecule has 2 aromatic rings. The van der Waals surface area contributed by atoms with Crippen molar-refractivity contribution in [3.63, 3.8) is 0 Å². The first kappa shape index (κ1) is 22.1. The molecule has 0 aliphatic carbocycles. The minimum atomic E-state index is -1.32. The molecule has 0 atom stereocenters. The third-order valence-corrected chi connectivity index (χ3v) is 8.02. The maximum Gasteiger partial charge on any atom is 0.411 e. The second-order valence-corrected chi connectivity index (χ2v) is 8.45. The van der Waals surface area contributed by atoms with Crippen molar-refractivity contribution in [1.82, 2.24) is 0 Å². The van der Waals surface area contributed by atoms with Gasteiger partial charge in [0.1, 0.15) is 12.4 Å². The molecule has 2 aromatic carbocycles. The topological polar surface area (TPSA) is 105 Å². The molecular weight excluding hydrogens is 695 g/mol. The third kappa shape index (κ3) is 7.06. The monoisotopic (exact) mass is 706 g/mol. The van der Waals surface area contributed by atoms with Crippen LogP contribution >= 0.6 is 67.8 Å². The van der Waals surface area contributed by atoms with E-state index in [-0.39, 0.29) is 24.3 Å². The van der Waals surface area contributed by atoms with E-state index in [9.17, 15) is 19.5 Å². The van der Waals surface area contributed by atoms with Gasteiger partial charge in [0.25, 0.3) is 0 Å². The summed E-state index contributed by atoms with van der Waals surface area (Å²) in [4.78, 5) is 34.2. The lowest BCUT2D eigenvalue weighted by Crippen LogP contribution is -2.22. The number of anilines is 1. The van der Waals surface area contributed by atoms with Crippen molar-refractivity contribution in [2.24, 2.45) is 0 Å². The van der Waals surface area contributed by atoms with E-state index in [1.807, 2.05) is 12.1 Å². The summed E-state index contributed by atoms with van der Waals surface area (Å²) in [6.07, 6.45) is -0.814. The molecule has 0 unspecified atom stereocenters. The zero-order valence-corrected chi connectivity index (χ0v) is 19.9. The number of aromatic carboxylic acids is 1. The van der Waals surface area contributed by atoms with E-state index in [4.69, 9.17) is 9.47 Å². The maximum atomic E-state index is 11.8. The highest BCUT2D eigenvalue weighted by Gasteiger charge is 2.10. The van der Waals surface area contributed by atoms with Crippen molar-refractivity contribution < 1.29 is 29.0 Å². The van der Waals surface area contributed by atoms with Gasteiger partial charge in [-0.05, 0) is 110 Å². The molecule has 0 spiro atoms. The van der Waals surface area contributed by atoms with Crippen LogP contribution in [0.3, 0.4) is 0 Å². The van der Waals surface area contributed by atoms with Crippen LogP contribution in [0.2, 0.25) is 0 Å². The standard InChI is InChI=1S/C17H12I3NO6/c18-12-7-10(8-13(19)15(12)20)21-17(25)26-6-5-14(22)27-11-3-1-9(2-4-11)16(23)24/h1-4,7-8H,5-6H2,(H,21,25)(H,23,24)/p-1. The summed E-state index contributed by atoms with van der Waals surface area (Å²) in [6, 6.07) is 8.86. The number of esters is 1. The molecule has 0 radical (unpaired) electrons. The molecule has 27 heavy (non-hydrogen) atoms. The number of ether oxygens (including phenoxy) is 2. The van der Waals surface area contributed by atoms with Crippen LogP contribution in [0.5, 0.6) is 5.75 Å². The van der Waals surface area contributed by atoms with Crippen LogP contribution in [-0.2, 0) is 9.53 Å². The molecule has 0 aromatic heterocycles. The number of benzene rings is 2. The number of carbonyl (C=O) groups excluding carboxylic acids is 3. The molecule has 7 nitrogen and oxygen atoms in total. The molecule has 10 heteroatoms. The average Bonchev–Trinajstić information content (AvgIpc) is 2.60. The van der Waals surface area contributed by atoms with Crippen molar-refractivity contribution in [2.45, 2.75) is 6.42 Å². The highest BCUT2D eigenvalue weighted by atomic mass is 127. The molecule has 0 aliphatic rings. The van der Waals surface area contributed by atoms with E-state index in [1.165, 1.54) is 24.3 Å². The zero-order valence-electron chi connectivity index (χ0n) is 13.5. The first-order valence-electron chi connectivity index (χ1n) is 7.36. The van der Waals surface area contributed by atoms with Crippen molar-refractivity contribution in [3.05, 3.63) is 52.7 Å². The van der Waals surface area contributed by atoms with Crippen LogP contribution in [0.1, 0.15) is 16.8 Å². The fourth-order valence-electron chi connectivity index (χ4n) is 1.85. The second kappa shape index (κ2) is 10.4. The SMILES string of the molecule is O=C(CCOC(=O)Nc1cc(I)c(I)c(I)c1)Oc1ccc(C(=O)[O-])cc1. The number of hydrogen-bond donors (Lipinski definition) is 1. The summed E-state index contributed by atoms with van der Waals surface area (Å²) in [5.74, 6) is -1.73. The minimum absolute atomic E-state index is 0.0188. The lowest BCUT2D eigenvalue weighted by atomic mass is 10.2. The van der Waals surface area contributed by atoms with Gasteiger partial charge in [-0.3, -0.25) is 10.1 Å². The molecule has 0 saturated carbocycles. The quantitative estimate of drug-likeness (QED) is 0.214. The molecule has 142 valence electrons. The van der Waals surface area contributed by atoms with Gasteiger partial charge in [0.15, 0.2) is 0 Å². The summed E-state index contributed by atoms with van der Waals surface area (Å²) >= 11 is 6.57. The molecule has 2 rings (SSSR count). The molecule has 0 heterocycles. The molecule has 1 N–H and O–H groups in total. The molecule has 0 bridgehead atoms. The maximum absolute atomic E-state index is 11.8. The number of hydrogen-bond acceptors (Lipinski definition) is 6. The predicted molar refractivity (Wildman–Crippen MR) is 121 cm³/mol. The zero-order chi connectivity index (χ0) is 20.0. The number of nitrogens with one attached hydrogen (secondary N) is 1. The van der Waals surface area contributed by atoms with Crippen LogP contribution in [0.15, 0.2) is 36.4 Å². The van der Waals surface area contributed by atoms with Gasteiger partial charge in [0.05, 0.1) is 12.4 Å². The lowest BCUT2D eigenvalue weighted by Gasteiger charge is -2.09. The number of rotatable bonds is 6. The van der Waals surface area contributed by atoms with Gasteiger partial charge in [0.2, 0.25) is 0 Å². The largest absolute Gasteiger partial charge is 0.545 e. The van der Waals surface area contributed by atoms with Crippen molar-refractivity contribution in [3.8, 4) is 5.75 Å². The van der Waals surface area contributed by atoms with Crippen LogP contribution in [-0.4, -0.2) is 24.6 Å². The summed E-state index contributed by atoms with van der Waals surface area (Å²) in [5.41, 5.74) is 0.583. The van der Waals surface area contributed by atoms with Gasteiger partial charge in [-0.15, -0.1) is 0 Å². The van der Waals surface area contributed by atoms with Gasteiger partial charge < -0.3 is 19.4 Å². The minimum Gasteiger partial charge on any atom is -0.545 e. The van der Waals surface area contributed by atoms with Gasteiger partial charge in [-0.25, -0.2) is 4.79 Å². The Labute approximate surface area is 195 Å². The predicted octanol–water partition coefficient (Wildman–Crippen LogP) is 3.41. The van der Waals surface area contributed by atoms with E-state index in [2.05, 4.69) is 73.1 Å². The molecule has 0 fully saturated rings. The van der Waals surface area contributed by atoms with Crippen LogP contribution < -0.4 is 15.2 Å². The van der Waals surface area contributed by atoms with Gasteiger partial charge in [-0.1, -0.05) is 0 Å². The average molecular weight is 706 g/mol. The second-order valence-electron chi connectivity index (χ2n) is 5.05. The molecule has 0 saturated heterocycles. The smallest absolute Gasteiger partial charge is 0.411 e. The Hall–Kier alpha value is -1.16. The van der Waals surface area contributed by atoms with Crippen molar-refractivity contribution in [1.29, 1.82) is 0 Å². The van der Waals surface area contributed by atoms with E-state index < -0.39 is 18.0 Å². The van der Waals surface area contributed by atoms with E-state index in [0.717, 1.165) is 10.7 Å². The number of halogens is 3. The number of carboxylic acid groups (broad SMARTS) is 1. The lowest BCUT2D eigenvalue weighted by molar-refractivity contribution is -0.255. The molecule has 1 amide bonds. The number of amides is 1. The summed E-state index contributed by atoms with van der Waals surface area (Å²) in [5, 5.41) is 13.3. The summed E-state index contributed by atoms with van der Waals surface area (Å²) in [6.45, 7) is -0.152. The fraction of sp³-hybridized carbons (Fsp3) is 0.118. The Morgan fingerprint density at radius 2 is 1.59 bits per heavy atom. The van der Waals surface area contributed by atoms with Gasteiger partial charge in [-0.2, -0.15) is 0 Å². The summed E-state index contributed by atoms with van der Waals surface area (Å²) < 4.78 is 13.1. The van der Waals surface area contributed by atoms with E-state index >= 15 is 0 Å². The van der Waals surface area contributed by atoms with Crippen molar-refractivity contribution in [2.75, 3.05) is 11.9 Å². The van der Waals surface area contributed by atoms with Crippen LogP contribution in [0.4, 0.5) is 10.5 Å². The third-order valence-electron chi connectivity index (χ3n) is 3.09. The number of carboxylic acids is 1. The molecular formula is C17H11I3NO6-. The van der Waals surface area contributed by atoms with Crippen molar-refractivity contribution >= 4 is 91.5 Å². The van der Waals surface area contributed by atoms with E-state index in [1.54, 1.807) is 0 Å². The van der Waals surface area contributed by atoms with Gasteiger partial charge in [0, 0.05) is 16.4 Å².